The lowest BCUT2D eigenvalue weighted by atomic mass is 10.2. The van der Waals surface area contributed by atoms with Crippen LogP contribution in [0.15, 0.2) is 53.4 Å². The second-order valence-corrected chi connectivity index (χ2v) is 8.36. The minimum atomic E-state index is -3.91. The number of nitrogens with one attached hydrogen (secondary N) is 1. The van der Waals surface area contributed by atoms with E-state index in [4.69, 9.17) is 0 Å². The third-order valence-electron chi connectivity index (χ3n) is 4.07. The molecule has 0 saturated carbocycles. The summed E-state index contributed by atoms with van der Waals surface area (Å²) in [5, 5.41) is 0. The van der Waals surface area contributed by atoms with E-state index in [9.17, 15) is 13.2 Å². The molecule has 0 radical (unpaired) electrons. The number of aromatic nitrogens is 2. The maximum atomic E-state index is 12.5. The molecular formula is C19H22N4O3S. The van der Waals surface area contributed by atoms with E-state index >= 15 is 0 Å². The molecule has 1 aromatic heterocycles. The number of aryl methyl sites for hydroxylation is 1. The summed E-state index contributed by atoms with van der Waals surface area (Å²) in [5.41, 5.74) is 2.50. The number of benzene rings is 2. The molecule has 1 N–H and O–H groups in total. The zero-order valence-corrected chi connectivity index (χ0v) is 16.3. The van der Waals surface area contributed by atoms with Crippen molar-refractivity contribution in [2.45, 2.75) is 24.9 Å². The van der Waals surface area contributed by atoms with Crippen LogP contribution in [-0.2, 0) is 27.9 Å². The van der Waals surface area contributed by atoms with E-state index in [1.54, 1.807) is 16.7 Å². The Morgan fingerprint density at radius 1 is 1.11 bits per heavy atom. The second-order valence-electron chi connectivity index (χ2n) is 6.68. The van der Waals surface area contributed by atoms with Gasteiger partial charge in [0.2, 0.25) is 0 Å². The summed E-state index contributed by atoms with van der Waals surface area (Å²) in [6.45, 7) is 2.27. The number of rotatable bonds is 6. The van der Waals surface area contributed by atoms with Gasteiger partial charge in [0.05, 0.1) is 22.5 Å². The average molecular weight is 386 g/mol. The van der Waals surface area contributed by atoms with Crippen molar-refractivity contribution in [2.75, 3.05) is 14.1 Å². The SMILES string of the molecule is Cc1ccc(S(=O)(=O)NC(=O)Cn2c(CN(C)C)nc3ccccc32)cc1. The maximum absolute atomic E-state index is 12.5. The summed E-state index contributed by atoms with van der Waals surface area (Å²) in [5.74, 6) is 0.0859. The first kappa shape index (κ1) is 19.1. The van der Waals surface area contributed by atoms with Crippen molar-refractivity contribution in [2.24, 2.45) is 0 Å². The largest absolute Gasteiger partial charge is 0.317 e. The topological polar surface area (TPSA) is 84.3 Å². The summed E-state index contributed by atoms with van der Waals surface area (Å²) in [6.07, 6.45) is 0. The molecule has 0 aliphatic rings. The molecule has 142 valence electrons. The third-order valence-corrected chi connectivity index (χ3v) is 5.46. The Bertz CT molecular complexity index is 1070. The minimum absolute atomic E-state index is 0.0606. The first-order valence-electron chi connectivity index (χ1n) is 8.47. The predicted octanol–water partition coefficient (Wildman–Crippen LogP) is 1.91. The number of fused-ring (bicyclic) bond motifs is 1. The molecule has 0 aliphatic carbocycles. The second kappa shape index (κ2) is 7.50. The zero-order chi connectivity index (χ0) is 19.6. The molecule has 3 rings (SSSR count). The Morgan fingerprint density at radius 3 is 2.44 bits per heavy atom. The van der Waals surface area contributed by atoms with Gasteiger partial charge in [-0.3, -0.25) is 4.79 Å². The molecule has 0 fully saturated rings. The van der Waals surface area contributed by atoms with E-state index in [0.717, 1.165) is 16.6 Å². The summed E-state index contributed by atoms with van der Waals surface area (Å²) >= 11 is 0. The zero-order valence-electron chi connectivity index (χ0n) is 15.5. The molecule has 7 nitrogen and oxygen atoms in total. The molecule has 0 atom stereocenters. The number of carbonyl (C=O) groups excluding carboxylic acids is 1. The molecule has 0 spiro atoms. The van der Waals surface area contributed by atoms with Gasteiger partial charge in [0, 0.05) is 0 Å². The molecule has 3 aromatic rings. The normalized spacial score (nSPS) is 11.9. The Hall–Kier alpha value is -2.71. The van der Waals surface area contributed by atoms with Gasteiger partial charge in [0.15, 0.2) is 0 Å². The van der Waals surface area contributed by atoms with Crippen molar-refractivity contribution in [1.29, 1.82) is 0 Å². The van der Waals surface area contributed by atoms with Gasteiger partial charge in [0.1, 0.15) is 12.4 Å². The highest BCUT2D eigenvalue weighted by Crippen LogP contribution is 2.17. The smallest absolute Gasteiger partial charge is 0.264 e. The van der Waals surface area contributed by atoms with Gasteiger partial charge in [-0.25, -0.2) is 18.1 Å². The van der Waals surface area contributed by atoms with Gasteiger partial charge >= 0.3 is 0 Å². The molecule has 27 heavy (non-hydrogen) atoms. The van der Waals surface area contributed by atoms with E-state index in [2.05, 4.69) is 9.71 Å². The number of para-hydroxylation sites is 2. The van der Waals surface area contributed by atoms with Crippen LogP contribution in [0.1, 0.15) is 11.4 Å². The average Bonchev–Trinajstić information content (AvgIpc) is 2.91. The van der Waals surface area contributed by atoms with Crippen molar-refractivity contribution >= 4 is 27.0 Å². The minimum Gasteiger partial charge on any atom is -0.317 e. The highest BCUT2D eigenvalue weighted by Gasteiger charge is 2.20. The van der Waals surface area contributed by atoms with Crippen molar-refractivity contribution in [3.8, 4) is 0 Å². The molecule has 0 bridgehead atoms. The van der Waals surface area contributed by atoms with Gasteiger partial charge in [-0.1, -0.05) is 29.8 Å². The van der Waals surface area contributed by atoms with Crippen LogP contribution >= 0.6 is 0 Å². The van der Waals surface area contributed by atoms with Gasteiger partial charge in [-0.05, 0) is 45.3 Å². The van der Waals surface area contributed by atoms with Crippen molar-refractivity contribution in [1.82, 2.24) is 19.2 Å². The maximum Gasteiger partial charge on any atom is 0.264 e. The number of amides is 1. The van der Waals surface area contributed by atoms with Crippen LogP contribution < -0.4 is 4.72 Å². The Balaban J connectivity index is 1.86. The van der Waals surface area contributed by atoms with E-state index < -0.39 is 15.9 Å². The monoisotopic (exact) mass is 386 g/mol. The lowest BCUT2D eigenvalue weighted by Gasteiger charge is -2.13. The molecule has 1 heterocycles. The quantitative estimate of drug-likeness (QED) is 0.700. The van der Waals surface area contributed by atoms with Crippen LogP contribution in [0.3, 0.4) is 0 Å². The number of hydrogen-bond acceptors (Lipinski definition) is 5. The summed E-state index contributed by atoms with van der Waals surface area (Å²) in [7, 11) is -0.0956. The van der Waals surface area contributed by atoms with E-state index in [1.807, 2.05) is 50.2 Å². The van der Waals surface area contributed by atoms with E-state index in [0.29, 0.717) is 12.4 Å². The lowest BCUT2D eigenvalue weighted by Crippen LogP contribution is -2.34. The first-order valence-corrected chi connectivity index (χ1v) is 9.96. The molecule has 0 saturated heterocycles. The highest BCUT2D eigenvalue weighted by molar-refractivity contribution is 7.90. The van der Waals surface area contributed by atoms with Gasteiger partial charge in [-0.2, -0.15) is 0 Å². The van der Waals surface area contributed by atoms with Gasteiger partial charge in [-0.15, -0.1) is 0 Å². The molecule has 0 unspecified atom stereocenters. The third kappa shape index (κ3) is 4.35. The van der Waals surface area contributed by atoms with Crippen LogP contribution in [-0.4, -0.2) is 42.9 Å². The van der Waals surface area contributed by atoms with Crippen molar-refractivity contribution in [3.05, 3.63) is 59.9 Å². The van der Waals surface area contributed by atoms with Crippen molar-refractivity contribution < 1.29 is 13.2 Å². The molecular weight excluding hydrogens is 364 g/mol. The fraction of sp³-hybridized carbons (Fsp3) is 0.263. The van der Waals surface area contributed by atoms with Gasteiger partial charge in [0.25, 0.3) is 15.9 Å². The summed E-state index contributed by atoms with van der Waals surface area (Å²) in [6, 6.07) is 13.8. The highest BCUT2D eigenvalue weighted by atomic mass is 32.2. The number of carbonyl (C=O) groups is 1. The predicted molar refractivity (Wildman–Crippen MR) is 104 cm³/mol. The van der Waals surface area contributed by atoms with E-state index in [-0.39, 0.29) is 11.4 Å². The number of imidazole rings is 1. The van der Waals surface area contributed by atoms with Crippen LogP contribution in [0.25, 0.3) is 11.0 Å². The number of nitrogens with zero attached hydrogens (tertiary/aromatic N) is 3. The van der Waals surface area contributed by atoms with E-state index in [1.165, 1.54) is 12.1 Å². The summed E-state index contributed by atoms with van der Waals surface area (Å²) in [4.78, 5) is 19.1. The fourth-order valence-electron chi connectivity index (χ4n) is 2.81. The van der Waals surface area contributed by atoms with Crippen LogP contribution in [0, 0.1) is 6.92 Å². The Labute approximate surface area is 158 Å². The molecule has 8 heteroatoms. The van der Waals surface area contributed by atoms with Gasteiger partial charge < -0.3 is 9.47 Å². The Morgan fingerprint density at radius 2 is 1.78 bits per heavy atom. The summed E-state index contributed by atoms with van der Waals surface area (Å²) < 4.78 is 28.8. The van der Waals surface area contributed by atoms with Crippen molar-refractivity contribution in [3.63, 3.8) is 0 Å². The van der Waals surface area contributed by atoms with Crippen LogP contribution in [0.2, 0.25) is 0 Å². The number of hydrogen-bond donors (Lipinski definition) is 1. The van der Waals surface area contributed by atoms with Crippen LogP contribution in [0.5, 0.6) is 0 Å². The van der Waals surface area contributed by atoms with Crippen LogP contribution in [0.4, 0.5) is 0 Å². The molecule has 1 amide bonds. The molecule has 0 aliphatic heterocycles. The molecule has 2 aromatic carbocycles. The first-order chi connectivity index (χ1) is 12.8. The fourth-order valence-corrected chi connectivity index (χ4v) is 3.78. The standard InChI is InChI=1S/C19H22N4O3S/c1-14-8-10-15(11-9-14)27(25,26)21-19(24)13-23-17-7-5-4-6-16(17)20-18(23)12-22(2)3/h4-11H,12-13H2,1-3H3,(H,21,24). The number of sulfonamides is 1. The Kier molecular flexibility index (Phi) is 5.29. The lowest BCUT2D eigenvalue weighted by molar-refractivity contribution is -0.119.